The SMILES string of the molecule is C=CCn1c(COc2ccc(Br)cc2)nnc1SCC(=O)Nc1sc(C)c(CC)c1C(=O)OC. The number of thioether (sulfide) groups is 1. The van der Waals surface area contributed by atoms with Gasteiger partial charge in [-0.2, -0.15) is 0 Å². The van der Waals surface area contributed by atoms with Gasteiger partial charge in [0.25, 0.3) is 0 Å². The number of carbonyl (C=O) groups excluding carboxylic acids is 2. The first-order valence-electron chi connectivity index (χ1n) is 10.4. The zero-order valence-corrected chi connectivity index (χ0v) is 22.3. The average Bonchev–Trinajstić information content (AvgIpc) is 3.36. The van der Waals surface area contributed by atoms with E-state index in [1.807, 2.05) is 42.7 Å². The van der Waals surface area contributed by atoms with Gasteiger partial charge < -0.3 is 14.8 Å². The number of amides is 1. The number of nitrogens with zero attached hydrogens (tertiary/aromatic N) is 3. The number of anilines is 1. The van der Waals surface area contributed by atoms with Gasteiger partial charge >= 0.3 is 5.97 Å². The quantitative estimate of drug-likeness (QED) is 0.193. The zero-order chi connectivity index (χ0) is 24.7. The van der Waals surface area contributed by atoms with Gasteiger partial charge in [-0.3, -0.25) is 9.36 Å². The third-order valence-electron chi connectivity index (χ3n) is 4.82. The van der Waals surface area contributed by atoms with E-state index in [0.717, 1.165) is 14.9 Å². The van der Waals surface area contributed by atoms with E-state index in [-0.39, 0.29) is 18.3 Å². The van der Waals surface area contributed by atoms with Gasteiger partial charge in [-0.1, -0.05) is 40.7 Å². The Bertz CT molecular complexity index is 1170. The van der Waals surface area contributed by atoms with Crippen LogP contribution in [0, 0.1) is 6.92 Å². The van der Waals surface area contributed by atoms with Gasteiger partial charge in [-0.15, -0.1) is 28.1 Å². The average molecular weight is 566 g/mol. The lowest BCUT2D eigenvalue weighted by Crippen LogP contribution is -2.17. The molecule has 1 N–H and O–H groups in total. The molecule has 180 valence electrons. The van der Waals surface area contributed by atoms with E-state index in [0.29, 0.717) is 40.3 Å². The minimum absolute atomic E-state index is 0.0991. The molecule has 0 fully saturated rings. The second kappa shape index (κ2) is 12.2. The fraction of sp³-hybridized carbons (Fsp3) is 0.304. The Balaban J connectivity index is 1.67. The number of allylic oxidation sites excluding steroid dienone is 1. The van der Waals surface area contributed by atoms with Crippen LogP contribution in [0.25, 0.3) is 0 Å². The summed E-state index contributed by atoms with van der Waals surface area (Å²) in [7, 11) is 1.33. The first kappa shape index (κ1) is 26.0. The van der Waals surface area contributed by atoms with Crippen molar-refractivity contribution in [2.75, 3.05) is 18.2 Å². The Kier molecular flexibility index (Phi) is 9.31. The maximum absolute atomic E-state index is 12.7. The largest absolute Gasteiger partial charge is 0.486 e. The number of methoxy groups -OCH3 is 1. The number of hydrogen-bond donors (Lipinski definition) is 1. The lowest BCUT2D eigenvalue weighted by Gasteiger charge is -2.09. The van der Waals surface area contributed by atoms with Crippen molar-refractivity contribution in [1.29, 1.82) is 0 Å². The van der Waals surface area contributed by atoms with E-state index in [1.54, 1.807) is 6.08 Å². The van der Waals surface area contributed by atoms with Crippen molar-refractivity contribution >= 4 is 55.9 Å². The summed E-state index contributed by atoms with van der Waals surface area (Å²) < 4.78 is 13.6. The predicted octanol–water partition coefficient (Wildman–Crippen LogP) is 5.26. The number of nitrogens with one attached hydrogen (secondary N) is 1. The van der Waals surface area contributed by atoms with Crippen LogP contribution in [0.15, 0.2) is 46.5 Å². The van der Waals surface area contributed by atoms with E-state index in [1.165, 1.54) is 30.2 Å². The van der Waals surface area contributed by atoms with Crippen molar-refractivity contribution in [2.24, 2.45) is 0 Å². The highest BCUT2D eigenvalue weighted by Gasteiger charge is 2.23. The molecule has 0 unspecified atom stereocenters. The molecular weight excluding hydrogens is 540 g/mol. The summed E-state index contributed by atoms with van der Waals surface area (Å²) in [6.45, 7) is 8.40. The van der Waals surface area contributed by atoms with E-state index < -0.39 is 5.97 Å². The Hall–Kier alpha value is -2.63. The number of hydrogen-bond acceptors (Lipinski definition) is 8. The molecule has 8 nitrogen and oxygen atoms in total. The highest BCUT2D eigenvalue weighted by Crippen LogP contribution is 2.34. The van der Waals surface area contributed by atoms with E-state index in [2.05, 4.69) is 38.0 Å². The van der Waals surface area contributed by atoms with E-state index >= 15 is 0 Å². The van der Waals surface area contributed by atoms with Crippen LogP contribution in [0.4, 0.5) is 5.00 Å². The van der Waals surface area contributed by atoms with Crippen LogP contribution in [0.3, 0.4) is 0 Å². The molecule has 3 rings (SSSR count). The van der Waals surface area contributed by atoms with Crippen molar-refractivity contribution in [2.45, 2.75) is 38.6 Å². The van der Waals surface area contributed by atoms with Gasteiger partial charge in [0.1, 0.15) is 17.4 Å². The number of benzene rings is 1. The van der Waals surface area contributed by atoms with E-state index in [9.17, 15) is 9.59 Å². The van der Waals surface area contributed by atoms with Crippen molar-refractivity contribution in [3.05, 3.63) is 63.2 Å². The van der Waals surface area contributed by atoms with Gasteiger partial charge in [0, 0.05) is 15.9 Å². The third-order valence-corrected chi connectivity index (χ3v) is 7.38. The molecule has 2 heterocycles. The van der Waals surface area contributed by atoms with Crippen LogP contribution < -0.4 is 10.1 Å². The molecule has 1 aromatic carbocycles. The highest BCUT2D eigenvalue weighted by atomic mass is 79.9. The second-order valence-electron chi connectivity index (χ2n) is 7.06. The molecule has 1 amide bonds. The van der Waals surface area contributed by atoms with Gasteiger partial charge in [0.05, 0.1) is 18.4 Å². The van der Waals surface area contributed by atoms with Crippen molar-refractivity contribution in [3.8, 4) is 5.75 Å². The molecule has 0 aliphatic carbocycles. The number of ether oxygens (including phenoxy) is 2. The number of esters is 1. The highest BCUT2D eigenvalue weighted by molar-refractivity contribution is 9.10. The van der Waals surface area contributed by atoms with Gasteiger partial charge in [-0.05, 0) is 43.2 Å². The van der Waals surface area contributed by atoms with Crippen LogP contribution in [-0.2, 0) is 29.1 Å². The summed E-state index contributed by atoms with van der Waals surface area (Å²) in [5, 5.41) is 12.4. The summed E-state index contributed by atoms with van der Waals surface area (Å²) in [5.74, 6) is 0.733. The maximum atomic E-state index is 12.7. The number of halogens is 1. The summed E-state index contributed by atoms with van der Waals surface area (Å²) >= 11 is 6.02. The summed E-state index contributed by atoms with van der Waals surface area (Å²) in [6, 6.07) is 7.51. The first-order chi connectivity index (χ1) is 16.4. The Morgan fingerprint density at radius 3 is 2.68 bits per heavy atom. The number of thiophene rings is 1. The molecule has 0 aliphatic heterocycles. The Morgan fingerprint density at radius 2 is 2.03 bits per heavy atom. The van der Waals surface area contributed by atoms with Crippen molar-refractivity contribution in [3.63, 3.8) is 0 Å². The minimum atomic E-state index is -0.453. The molecule has 0 saturated carbocycles. The summed E-state index contributed by atoms with van der Waals surface area (Å²) in [4.78, 5) is 25.9. The fourth-order valence-corrected chi connectivity index (χ4v) is 5.41. The van der Waals surface area contributed by atoms with Crippen molar-refractivity contribution in [1.82, 2.24) is 14.8 Å². The standard InChI is InChI=1S/C23H25BrN4O4S2/c1-5-11-28-18(12-32-16-9-7-15(24)8-10-16)26-27-23(28)33-13-19(29)25-21-20(22(30)31-4)17(6-2)14(3)34-21/h5,7-10H,1,6,11-13H2,2-4H3,(H,25,29). The molecule has 0 saturated heterocycles. The predicted molar refractivity (Wildman–Crippen MR) is 138 cm³/mol. The monoisotopic (exact) mass is 564 g/mol. The van der Waals surface area contributed by atoms with Crippen LogP contribution in [0.1, 0.15) is 33.5 Å². The third kappa shape index (κ3) is 6.28. The topological polar surface area (TPSA) is 95.3 Å². The number of rotatable bonds is 11. The molecule has 0 spiro atoms. The number of carbonyl (C=O) groups is 2. The zero-order valence-electron chi connectivity index (χ0n) is 19.1. The molecule has 0 aliphatic rings. The molecule has 11 heteroatoms. The Morgan fingerprint density at radius 1 is 1.29 bits per heavy atom. The normalized spacial score (nSPS) is 10.7. The van der Waals surface area contributed by atoms with Crippen molar-refractivity contribution < 1.29 is 19.1 Å². The van der Waals surface area contributed by atoms with Crippen LogP contribution in [0.5, 0.6) is 5.75 Å². The second-order valence-corrected chi connectivity index (χ2v) is 10.1. The molecule has 3 aromatic rings. The minimum Gasteiger partial charge on any atom is -0.486 e. The Labute approximate surface area is 214 Å². The molecule has 2 aromatic heterocycles. The lowest BCUT2D eigenvalue weighted by atomic mass is 10.1. The number of aromatic nitrogens is 3. The number of aryl methyl sites for hydroxylation is 1. The summed E-state index contributed by atoms with van der Waals surface area (Å²) in [6.07, 6.45) is 2.41. The molecule has 34 heavy (non-hydrogen) atoms. The molecule has 0 radical (unpaired) electrons. The maximum Gasteiger partial charge on any atom is 0.341 e. The molecule has 0 atom stereocenters. The van der Waals surface area contributed by atoms with Gasteiger partial charge in [0.2, 0.25) is 5.91 Å². The smallest absolute Gasteiger partial charge is 0.341 e. The fourth-order valence-electron chi connectivity index (χ4n) is 3.23. The first-order valence-corrected chi connectivity index (χ1v) is 13.0. The van der Waals surface area contributed by atoms with Crippen LogP contribution in [0.2, 0.25) is 0 Å². The summed E-state index contributed by atoms with van der Waals surface area (Å²) in [5.41, 5.74) is 1.31. The van der Waals surface area contributed by atoms with E-state index in [4.69, 9.17) is 9.47 Å². The van der Waals surface area contributed by atoms with Gasteiger partial charge in [-0.25, -0.2) is 4.79 Å². The van der Waals surface area contributed by atoms with Crippen LogP contribution >= 0.6 is 39.0 Å². The lowest BCUT2D eigenvalue weighted by molar-refractivity contribution is -0.113. The van der Waals surface area contributed by atoms with Gasteiger partial charge in [0.15, 0.2) is 11.0 Å². The molecular formula is C23H25BrN4O4S2. The van der Waals surface area contributed by atoms with Crippen LogP contribution in [-0.4, -0.2) is 39.5 Å². The molecule has 0 bridgehead atoms.